The Kier molecular flexibility index (Phi) is 4.30. The van der Waals surface area contributed by atoms with Crippen molar-refractivity contribution in [2.75, 3.05) is 10.6 Å². The van der Waals surface area contributed by atoms with Crippen LogP contribution in [0.4, 0.5) is 15.8 Å². The highest BCUT2D eigenvalue weighted by Gasteiger charge is 2.48. The standard InChI is InChI=1S/C17H14ClFN2O2/c18-14-3-1-2-4-15(14)21-17(23)13-9-12(13)16(22)20-11-7-5-10(19)6-8-11/h1-8,12-13H,9H2,(H,20,22)(H,21,23). The van der Waals surface area contributed by atoms with Gasteiger partial charge < -0.3 is 10.6 Å². The maximum Gasteiger partial charge on any atom is 0.228 e. The average Bonchev–Trinajstić information content (AvgIpc) is 3.32. The van der Waals surface area contributed by atoms with E-state index in [2.05, 4.69) is 10.6 Å². The Morgan fingerprint density at radius 1 is 0.957 bits per heavy atom. The molecule has 3 rings (SSSR count). The molecule has 0 spiro atoms. The summed E-state index contributed by atoms with van der Waals surface area (Å²) in [6.07, 6.45) is 0.489. The van der Waals surface area contributed by atoms with Crippen molar-refractivity contribution in [1.82, 2.24) is 0 Å². The molecule has 0 bridgehead atoms. The summed E-state index contributed by atoms with van der Waals surface area (Å²) in [5.41, 5.74) is 1.04. The van der Waals surface area contributed by atoms with Gasteiger partial charge in [0.15, 0.2) is 0 Å². The molecule has 2 amide bonds. The van der Waals surface area contributed by atoms with Gasteiger partial charge in [-0.15, -0.1) is 0 Å². The highest BCUT2D eigenvalue weighted by molar-refractivity contribution is 6.33. The van der Waals surface area contributed by atoms with Gasteiger partial charge in [0.05, 0.1) is 22.5 Å². The first-order chi connectivity index (χ1) is 11.0. The Labute approximate surface area is 137 Å². The summed E-state index contributed by atoms with van der Waals surface area (Å²) in [5, 5.41) is 5.86. The summed E-state index contributed by atoms with van der Waals surface area (Å²) in [5.74, 6) is -1.58. The molecule has 1 fully saturated rings. The van der Waals surface area contributed by atoms with Crippen LogP contribution in [0.25, 0.3) is 0 Å². The van der Waals surface area contributed by atoms with Crippen molar-refractivity contribution < 1.29 is 14.0 Å². The van der Waals surface area contributed by atoms with Crippen molar-refractivity contribution in [3.63, 3.8) is 0 Å². The second-order valence-electron chi connectivity index (χ2n) is 5.41. The minimum Gasteiger partial charge on any atom is -0.326 e. The molecule has 0 radical (unpaired) electrons. The van der Waals surface area contributed by atoms with Gasteiger partial charge >= 0.3 is 0 Å². The predicted octanol–water partition coefficient (Wildman–Crippen LogP) is 3.69. The molecule has 118 valence electrons. The maximum atomic E-state index is 12.8. The molecule has 1 saturated carbocycles. The molecule has 2 aromatic carbocycles. The molecule has 0 aliphatic heterocycles. The van der Waals surface area contributed by atoms with Crippen LogP contribution in [-0.4, -0.2) is 11.8 Å². The minimum absolute atomic E-state index is 0.225. The van der Waals surface area contributed by atoms with Gasteiger partial charge in [0, 0.05) is 5.69 Å². The van der Waals surface area contributed by atoms with Gasteiger partial charge in [0.25, 0.3) is 0 Å². The fourth-order valence-corrected chi connectivity index (χ4v) is 2.51. The number of carbonyl (C=O) groups is 2. The first kappa shape index (κ1) is 15.5. The lowest BCUT2D eigenvalue weighted by atomic mass is 10.2. The summed E-state index contributed by atoms with van der Waals surface area (Å²) in [6, 6.07) is 12.4. The fraction of sp³-hybridized carbons (Fsp3) is 0.176. The molecule has 23 heavy (non-hydrogen) atoms. The lowest BCUT2D eigenvalue weighted by molar-refractivity contribution is -0.122. The number of hydrogen-bond donors (Lipinski definition) is 2. The number of carbonyl (C=O) groups excluding carboxylic acids is 2. The molecule has 2 unspecified atom stereocenters. The summed E-state index contributed by atoms with van der Waals surface area (Å²) in [4.78, 5) is 24.2. The number of hydrogen-bond acceptors (Lipinski definition) is 2. The van der Waals surface area contributed by atoms with Crippen LogP contribution < -0.4 is 10.6 Å². The topological polar surface area (TPSA) is 58.2 Å². The minimum atomic E-state index is -0.373. The monoisotopic (exact) mass is 332 g/mol. The van der Waals surface area contributed by atoms with Gasteiger partial charge in [0.2, 0.25) is 11.8 Å². The van der Waals surface area contributed by atoms with Crippen molar-refractivity contribution in [2.45, 2.75) is 6.42 Å². The molecule has 6 heteroatoms. The van der Waals surface area contributed by atoms with E-state index < -0.39 is 0 Å². The van der Waals surface area contributed by atoms with Gasteiger partial charge in [-0.05, 0) is 42.8 Å². The number of benzene rings is 2. The number of para-hydroxylation sites is 1. The first-order valence-electron chi connectivity index (χ1n) is 7.16. The molecule has 0 saturated heterocycles. The third-order valence-corrected chi connectivity index (χ3v) is 4.04. The number of nitrogens with one attached hydrogen (secondary N) is 2. The van der Waals surface area contributed by atoms with Gasteiger partial charge in [-0.1, -0.05) is 23.7 Å². The Balaban J connectivity index is 1.56. The van der Waals surface area contributed by atoms with Crippen LogP contribution in [-0.2, 0) is 9.59 Å². The molecular formula is C17H14ClFN2O2. The van der Waals surface area contributed by atoms with Crippen LogP contribution in [0.2, 0.25) is 5.02 Å². The summed E-state index contributed by atoms with van der Waals surface area (Å²) < 4.78 is 12.8. The van der Waals surface area contributed by atoms with Gasteiger partial charge in [-0.2, -0.15) is 0 Å². The van der Waals surface area contributed by atoms with Crippen LogP contribution >= 0.6 is 11.6 Å². The molecule has 2 aromatic rings. The maximum absolute atomic E-state index is 12.8. The van der Waals surface area contributed by atoms with Crippen LogP contribution in [0.1, 0.15) is 6.42 Å². The smallest absolute Gasteiger partial charge is 0.228 e. The zero-order valence-electron chi connectivity index (χ0n) is 12.1. The SMILES string of the molecule is O=C(Nc1ccc(F)cc1)C1CC1C(=O)Nc1ccccc1Cl. The lowest BCUT2D eigenvalue weighted by Crippen LogP contribution is -2.20. The van der Waals surface area contributed by atoms with Crippen molar-refractivity contribution in [3.8, 4) is 0 Å². The molecule has 1 aliphatic rings. The first-order valence-corrected chi connectivity index (χ1v) is 7.54. The summed E-state index contributed by atoms with van der Waals surface area (Å²) in [6.45, 7) is 0. The molecule has 2 N–H and O–H groups in total. The van der Waals surface area contributed by atoms with E-state index in [0.717, 1.165) is 0 Å². The third kappa shape index (κ3) is 3.68. The zero-order valence-corrected chi connectivity index (χ0v) is 12.8. The zero-order chi connectivity index (χ0) is 16.4. The van der Waals surface area contributed by atoms with Crippen LogP contribution in [0.3, 0.4) is 0 Å². The predicted molar refractivity (Wildman–Crippen MR) is 86.7 cm³/mol. The molecule has 1 aliphatic carbocycles. The fourth-order valence-electron chi connectivity index (χ4n) is 2.33. The lowest BCUT2D eigenvalue weighted by Gasteiger charge is -2.07. The van der Waals surface area contributed by atoms with Gasteiger partial charge in [-0.3, -0.25) is 9.59 Å². The van der Waals surface area contributed by atoms with Crippen molar-refractivity contribution in [2.24, 2.45) is 11.8 Å². The number of amides is 2. The van der Waals surface area contributed by atoms with Crippen LogP contribution in [0.5, 0.6) is 0 Å². The molecule has 2 atom stereocenters. The average molecular weight is 333 g/mol. The van der Waals surface area contributed by atoms with Crippen molar-refractivity contribution in [1.29, 1.82) is 0 Å². The van der Waals surface area contributed by atoms with Crippen LogP contribution in [0.15, 0.2) is 48.5 Å². The van der Waals surface area contributed by atoms with E-state index in [1.54, 1.807) is 24.3 Å². The molecule has 0 heterocycles. The highest BCUT2D eigenvalue weighted by atomic mass is 35.5. The van der Waals surface area contributed by atoms with Gasteiger partial charge in [-0.25, -0.2) is 4.39 Å². The van der Waals surface area contributed by atoms with Crippen molar-refractivity contribution >= 4 is 34.8 Å². The number of rotatable bonds is 4. The Morgan fingerprint density at radius 2 is 1.57 bits per heavy atom. The quantitative estimate of drug-likeness (QED) is 0.897. The third-order valence-electron chi connectivity index (χ3n) is 3.71. The Morgan fingerprint density at radius 3 is 2.22 bits per heavy atom. The van der Waals surface area contributed by atoms with E-state index in [1.807, 2.05) is 0 Å². The van der Waals surface area contributed by atoms with E-state index >= 15 is 0 Å². The number of anilines is 2. The summed E-state index contributed by atoms with van der Waals surface area (Å²) >= 11 is 5.99. The van der Waals surface area contributed by atoms with E-state index in [4.69, 9.17) is 11.6 Å². The Bertz CT molecular complexity index is 749. The van der Waals surface area contributed by atoms with E-state index in [-0.39, 0.29) is 29.5 Å². The second-order valence-corrected chi connectivity index (χ2v) is 5.82. The van der Waals surface area contributed by atoms with E-state index in [9.17, 15) is 14.0 Å². The Hall–Kier alpha value is -2.40. The largest absolute Gasteiger partial charge is 0.326 e. The highest BCUT2D eigenvalue weighted by Crippen LogP contribution is 2.40. The number of halogens is 2. The molecule has 4 nitrogen and oxygen atoms in total. The molecular weight excluding hydrogens is 319 g/mol. The summed E-state index contributed by atoms with van der Waals surface area (Å²) in [7, 11) is 0. The van der Waals surface area contributed by atoms with Gasteiger partial charge in [0.1, 0.15) is 5.82 Å². The normalized spacial score (nSPS) is 19.0. The second kappa shape index (κ2) is 6.38. The van der Waals surface area contributed by atoms with E-state index in [0.29, 0.717) is 22.8 Å². The molecule has 0 aromatic heterocycles. The van der Waals surface area contributed by atoms with E-state index in [1.165, 1.54) is 24.3 Å². The van der Waals surface area contributed by atoms with Crippen molar-refractivity contribution in [3.05, 3.63) is 59.4 Å². The van der Waals surface area contributed by atoms with Crippen LogP contribution in [0, 0.1) is 17.7 Å².